The van der Waals surface area contributed by atoms with Crippen LogP contribution in [0.1, 0.15) is 131 Å². The second-order valence-electron chi connectivity index (χ2n) is 13.8. The molecule has 0 N–H and O–H groups in total. The molecular formula is C39H47ClF12O5. The Labute approximate surface area is 328 Å². The largest absolute Gasteiger partial charge is 0.494 e. The summed E-state index contributed by atoms with van der Waals surface area (Å²) in [5.74, 6) is -35.9. The van der Waals surface area contributed by atoms with E-state index in [1.807, 2.05) is 6.92 Å². The molecule has 0 spiro atoms. The number of unbranched alkanes of at least 4 members (excludes halogenated alkanes) is 11. The van der Waals surface area contributed by atoms with Crippen LogP contribution in [0.3, 0.4) is 0 Å². The van der Waals surface area contributed by atoms with Gasteiger partial charge in [-0.3, -0.25) is 0 Å². The molecule has 2 aromatic rings. The first kappa shape index (κ1) is 49.8. The minimum Gasteiger partial charge on any atom is -0.494 e. The molecule has 0 saturated carbocycles. The first-order chi connectivity index (χ1) is 26.4. The molecule has 2 rings (SSSR count). The number of ether oxygens (including phenoxy) is 3. The normalized spacial score (nSPS) is 13.7. The Bertz CT molecular complexity index is 1520. The molecule has 1 atom stereocenters. The second kappa shape index (κ2) is 21.6. The number of halogens is 13. The van der Waals surface area contributed by atoms with E-state index in [1.54, 1.807) is 12.1 Å². The van der Waals surface area contributed by atoms with Gasteiger partial charge in [-0.15, -0.1) is 0 Å². The Hall–Kier alpha value is -3.37. The molecule has 0 amide bonds. The summed E-state index contributed by atoms with van der Waals surface area (Å²) in [7, 11) is 0. The van der Waals surface area contributed by atoms with Crippen LogP contribution in [0, 0.1) is 0 Å². The summed E-state index contributed by atoms with van der Waals surface area (Å²) in [6.45, 7) is 4.32. The van der Waals surface area contributed by atoms with Crippen LogP contribution in [-0.4, -0.2) is 59.6 Å². The maximum Gasteiger partial charge on any atom is 0.393 e. The average Bonchev–Trinajstić information content (AvgIpc) is 3.13. The first-order valence-corrected chi connectivity index (χ1v) is 19.0. The first-order valence-electron chi connectivity index (χ1n) is 18.6. The number of hydrogen-bond acceptors (Lipinski definition) is 5. The van der Waals surface area contributed by atoms with Crippen molar-refractivity contribution in [2.75, 3.05) is 6.61 Å². The van der Waals surface area contributed by atoms with E-state index in [2.05, 4.69) is 18.5 Å². The van der Waals surface area contributed by atoms with Gasteiger partial charge >= 0.3 is 46.9 Å². The summed E-state index contributed by atoms with van der Waals surface area (Å²) in [6.07, 6.45) is 5.76. The molecule has 5 nitrogen and oxygen atoms in total. The molecule has 2 aromatic carbocycles. The fraction of sp³-hybridized carbons (Fsp3) is 0.641. The predicted octanol–water partition coefficient (Wildman–Crippen LogP) is 13.7. The number of esters is 2. The topological polar surface area (TPSA) is 61.8 Å². The van der Waals surface area contributed by atoms with Gasteiger partial charge in [0.15, 0.2) is 0 Å². The zero-order valence-electron chi connectivity index (χ0n) is 31.5. The van der Waals surface area contributed by atoms with Crippen LogP contribution in [0.15, 0.2) is 48.5 Å². The maximum absolute atomic E-state index is 13.9. The van der Waals surface area contributed by atoms with Gasteiger partial charge in [0.05, 0.1) is 23.8 Å². The molecule has 57 heavy (non-hydrogen) atoms. The van der Waals surface area contributed by atoms with E-state index >= 15 is 0 Å². The Kier molecular flexibility index (Phi) is 18.8. The molecule has 0 bridgehead atoms. The number of hydrogen-bond donors (Lipinski definition) is 0. The fourth-order valence-electron chi connectivity index (χ4n) is 5.52. The SMILES string of the molecule is CCCCCCC(C)OC(=O)c1ccc(OC(=O)c2ccc(OCCCCCCCCCCCC(F)(F)C(F)(F)C(F)(F)C(F)(F)C(F)(F)C(F)(F)Cl)cc2)cc1. The zero-order chi connectivity index (χ0) is 43.1. The van der Waals surface area contributed by atoms with E-state index < -0.39 is 59.8 Å². The predicted molar refractivity (Wildman–Crippen MR) is 189 cm³/mol. The van der Waals surface area contributed by atoms with E-state index in [4.69, 9.17) is 14.2 Å². The van der Waals surface area contributed by atoms with Gasteiger partial charge in [0.2, 0.25) is 0 Å². The lowest BCUT2D eigenvalue weighted by molar-refractivity contribution is -0.417. The van der Waals surface area contributed by atoms with Crippen LogP contribution in [0.4, 0.5) is 52.7 Å². The molecule has 18 heteroatoms. The van der Waals surface area contributed by atoms with E-state index in [0.717, 1.165) is 44.9 Å². The molecule has 0 aliphatic heterocycles. The number of alkyl halides is 13. The number of rotatable bonds is 27. The third-order valence-corrected chi connectivity index (χ3v) is 9.30. The molecule has 0 saturated heterocycles. The lowest BCUT2D eigenvalue weighted by Crippen LogP contribution is -2.69. The molecule has 0 aliphatic carbocycles. The summed E-state index contributed by atoms with van der Waals surface area (Å²) < 4.78 is 178. The molecule has 0 fully saturated rings. The summed E-state index contributed by atoms with van der Waals surface area (Å²) in [6, 6.07) is 12.3. The average molecular weight is 859 g/mol. The van der Waals surface area contributed by atoms with Gasteiger partial charge in [-0.2, -0.15) is 52.7 Å². The molecule has 324 valence electrons. The fourth-order valence-corrected chi connectivity index (χ4v) is 5.63. The van der Waals surface area contributed by atoms with Crippen molar-refractivity contribution in [1.29, 1.82) is 0 Å². The summed E-state index contributed by atoms with van der Waals surface area (Å²) in [5, 5.41) is -6.45. The van der Waals surface area contributed by atoms with Crippen molar-refractivity contribution in [3.05, 3.63) is 59.7 Å². The number of benzene rings is 2. The Morgan fingerprint density at radius 1 is 0.561 bits per heavy atom. The summed E-state index contributed by atoms with van der Waals surface area (Å²) in [5.41, 5.74) is 0.600. The molecule has 0 heterocycles. The standard InChI is InChI=1S/C39H47ClF12O5/c1-3-4-5-13-16-27(2)56-32(53)28-19-23-31(24-20-28)57-33(54)29-17-21-30(22-18-29)55-26-15-12-10-8-6-7-9-11-14-25-34(41,42)35(43,44)36(45,46)37(47,48)38(49,50)39(40,51)52/h17-24,27H,3-16,25-26H2,1-2H3. The van der Waals surface area contributed by atoms with Crippen LogP contribution >= 0.6 is 11.6 Å². The highest BCUT2D eigenvalue weighted by atomic mass is 35.5. The van der Waals surface area contributed by atoms with Crippen molar-refractivity contribution in [2.24, 2.45) is 0 Å². The van der Waals surface area contributed by atoms with Crippen LogP contribution in [0.25, 0.3) is 0 Å². The smallest absolute Gasteiger partial charge is 0.393 e. The van der Waals surface area contributed by atoms with E-state index in [-0.39, 0.29) is 30.3 Å². The van der Waals surface area contributed by atoms with Crippen molar-refractivity contribution < 1.29 is 76.5 Å². The van der Waals surface area contributed by atoms with Crippen molar-refractivity contribution in [3.8, 4) is 11.5 Å². The number of carbonyl (C=O) groups excluding carboxylic acids is 2. The molecule has 0 aromatic heterocycles. The monoisotopic (exact) mass is 858 g/mol. The lowest BCUT2D eigenvalue weighted by Gasteiger charge is -2.40. The quantitative estimate of drug-likeness (QED) is 0.0294. The molecule has 0 aliphatic rings. The van der Waals surface area contributed by atoms with E-state index in [0.29, 0.717) is 43.6 Å². The maximum atomic E-state index is 13.9. The Morgan fingerprint density at radius 2 is 1.00 bits per heavy atom. The Balaban J connectivity index is 1.63. The van der Waals surface area contributed by atoms with Gasteiger partial charge in [-0.05, 0) is 92.7 Å². The van der Waals surface area contributed by atoms with Gasteiger partial charge in [0.1, 0.15) is 11.5 Å². The minimum atomic E-state index is -7.63. The van der Waals surface area contributed by atoms with Crippen molar-refractivity contribution >= 4 is 23.5 Å². The van der Waals surface area contributed by atoms with Gasteiger partial charge in [0.25, 0.3) is 0 Å². The highest BCUT2D eigenvalue weighted by Crippen LogP contribution is 2.61. The van der Waals surface area contributed by atoms with Gasteiger partial charge < -0.3 is 14.2 Å². The molecule has 1 unspecified atom stereocenters. The lowest BCUT2D eigenvalue weighted by atomic mass is 9.91. The van der Waals surface area contributed by atoms with E-state index in [1.165, 1.54) is 36.4 Å². The van der Waals surface area contributed by atoms with Crippen molar-refractivity contribution in [1.82, 2.24) is 0 Å². The van der Waals surface area contributed by atoms with Gasteiger partial charge in [-0.25, -0.2) is 9.59 Å². The van der Waals surface area contributed by atoms with Gasteiger partial charge in [-0.1, -0.05) is 71.1 Å². The van der Waals surface area contributed by atoms with Crippen LogP contribution in [0.2, 0.25) is 0 Å². The Morgan fingerprint density at radius 3 is 1.51 bits per heavy atom. The highest BCUT2D eigenvalue weighted by Gasteiger charge is 2.89. The minimum absolute atomic E-state index is 0.179. The van der Waals surface area contributed by atoms with Crippen LogP contribution < -0.4 is 9.47 Å². The molecular weight excluding hydrogens is 812 g/mol. The zero-order valence-corrected chi connectivity index (χ0v) is 32.2. The van der Waals surface area contributed by atoms with Crippen molar-refractivity contribution in [3.63, 3.8) is 0 Å². The van der Waals surface area contributed by atoms with Crippen LogP contribution in [0.5, 0.6) is 11.5 Å². The van der Waals surface area contributed by atoms with E-state index in [9.17, 15) is 62.3 Å². The second-order valence-corrected chi connectivity index (χ2v) is 14.3. The highest BCUT2D eigenvalue weighted by molar-refractivity contribution is 6.22. The molecule has 0 radical (unpaired) electrons. The van der Waals surface area contributed by atoms with Gasteiger partial charge in [0, 0.05) is 6.42 Å². The summed E-state index contributed by atoms with van der Waals surface area (Å²) in [4.78, 5) is 25.0. The third kappa shape index (κ3) is 13.6. The third-order valence-electron chi connectivity index (χ3n) is 9.07. The van der Waals surface area contributed by atoms with Crippen LogP contribution in [-0.2, 0) is 4.74 Å². The van der Waals surface area contributed by atoms with Crippen molar-refractivity contribution in [2.45, 2.75) is 151 Å². The number of carbonyl (C=O) groups is 2. The summed E-state index contributed by atoms with van der Waals surface area (Å²) >= 11 is 3.69.